The molecule has 78 valence electrons. The fourth-order valence-corrected chi connectivity index (χ4v) is 1.14. The maximum absolute atomic E-state index is 13.2. The van der Waals surface area contributed by atoms with Crippen LogP contribution in [-0.2, 0) is 6.42 Å². The third kappa shape index (κ3) is 2.77. The molecule has 0 aliphatic rings. The molecule has 0 heterocycles. The first-order valence-corrected chi connectivity index (χ1v) is 4.61. The molecule has 1 atom stereocenters. The Morgan fingerprint density at radius 1 is 1.29 bits per heavy atom. The minimum absolute atomic E-state index is 0.287. The van der Waals surface area contributed by atoms with Gasteiger partial charge in [0, 0.05) is 6.42 Å². The van der Waals surface area contributed by atoms with Crippen LogP contribution in [0.5, 0.6) is 0 Å². The lowest BCUT2D eigenvalue weighted by Gasteiger charge is -2.20. The van der Waals surface area contributed by atoms with E-state index in [2.05, 4.69) is 0 Å². The predicted octanol–water partition coefficient (Wildman–Crippen LogP) is 2.52. The Labute approximate surface area is 82.9 Å². The molecule has 1 aromatic rings. The summed E-state index contributed by atoms with van der Waals surface area (Å²) in [7, 11) is 0. The van der Waals surface area contributed by atoms with Crippen molar-refractivity contribution in [1.29, 1.82) is 0 Å². The van der Waals surface area contributed by atoms with E-state index < -0.39 is 12.0 Å². The van der Waals surface area contributed by atoms with Crippen molar-refractivity contribution in [3.8, 4) is 0 Å². The molecule has 3 heteroatoms. The number of halogens is 2. The Kier molecular flexibility index (Phi) is 3.21. The van der Waals surface area contributed by atoms with Crippen molar-refractivity contribution in [2.75, 3.05) is 0 Å². The van der Waals surface area contributed by atoms with Crippen LogP contribution in [0.15, 0.2) is 24.3 Å². The molecule has 1 aromatic carbocycles. The summed E-state index contributed by atoms with van der Waals surface area (Å²) in [5.74, 6) is -2.82. The molecule has 0 radical (unpaired) electrons. The van der Waals surface area contributed by atoms with Crippen LogP contribution < -0.4 is 5.73 Å². The molecule has 0 amide bonds. The van der Waals surface area contributed by atoms with Gasteiger partial charge < -0.3 is 5.73 Å². The number of hydrogen-bond donors (Lipinski definition) is 1. The third-order valence-corrected chi connectivity index (χ3v) is 2.23. The van der Waals surface area contributed by atoms with E-state index in [1.54, 1.807) is 12.1 Å². The van der Waals surface area contributed by atoms with Crippen LogP contribution in [0.4, 0.5) is 8.78 Å². The van der Waals surface area contributed by atoms with Crippen molar-refractivity contribution < 1.29 is 8.78 Å². The second-order valence-corrected chi connectivity index (χ2v) is 3.71. The van der Waals surface area contributed by atoms with E-state index in [9.17, 15) is 8.78 Å². The van der Waals surface area contributed by atoms with Gasteiger partial charge in [-0.3, -0.25) is 0 Å². The van der Waals surface area contributed by atoms with Crippen LogP contribution in [0.25, 0.3) is 0 Å². The van der Waals surface area contributed by atoms with Gasteiger partial charge in [-0.1, -0.05) is 29.8 Å². The van der Waals surface area contributed by atoms with Crippen LogP contribution in [-0.4, -0.2) is 12.0 Å². The monoisotopic (exact) mass is 199 g/mol. The van der Waals surface area contributed by atoms with Crippen LogP contribution in [0.2, 0.25) is 0 Å². The van der Waals surface area contributed by atoms with Crippen LogP contribution >= 0.6 is 0 Å². The summed E-state index contributed by atoms with van der Waals surface area (Å²) in [6.07, 6.45) is -0.287. The lowest BCUT2D eigenvalue weighted by molar-refractivity contribution is -0.0190. The first-order chi connectivity index (χ1) is 6.42. The van der Waals surface area contributed by atoms with Gasteiger partial charge in [-0.15, -0.1) is 0 Å². The average molecular weight is 199 g/mol. The topological polar surface area (TPSA) is 26.0 Å². The lowest BCUT2D eigenvalue weighted by Crippen LogP contribution is -2.40. The Morgan fingerprint density at radius 2 is 1.79 bits per heavy atom. The van der Waals surface area contributed by atoms with Gasteiger partial charge in [0.2, 0.25) is 0 Å². The molecule has 2 N–H and O–H groups in total. The molecule has 0 fully saturated rings. The van der Waals surface area contributed by atoms with Gasteiger partial charge in [0.05, 0.1) is 6.04 Å². The van der Waals surface area contributed by atoms with Crippen LogP contribution in [0.1, 0.15) is 18.1 Å². The normalized spacial score (nSPS) is 14.1. The van der Waals surface area contributed by atoms with Crippen molar-refractivity contribution >= 4 is 0 Å². The third-order valence-electron chi connectivity index (χ3n) is 2.23. The minimum atomic E-state index is -2.82. The largest absolute Gasteiger partial charge is 0.323 e. The molecule has 0 bridgehead atoms. The molecular formula is C11H15F2N. The summed E-state index contributed by atoms with van der Waals surface area (Å²) in [6.45, 7) is 3.25. The molecule has 1 unspecified atom stereocenters. The smallest absolute Gasteiger partial charge is 0.266 e. The van der Waals surface area contributed by atoms with Crippen molar-refractivity contribution in [3.63, 3.8) is 0 Å². The summed E-state index contributed by atoms with van der Waals surface area (Å²) >= 11 is 0. The Morgan fingerprint density at radius 3 is 2.21 bits per heavy atom. The number of benzene rings is 1. The SMILES string of the molecule is Cc1ccc(CC(F)(F)C(C)N)cc1. The number of aryl methyl sites for hydroxylation is 1. The van der Waals surface area contributed by atoms with E-state index >= 15 is 0 Å². The highest BCUT2D eigenvalue weighted by atomic mass is 19.3. The highest BCUT2D eigenvalue weighted by Gasteiger charge is 2.33. The summed E-state index contributed by atoms with van der Waals surface area (Å²) in [5.41, 5.74) is 6.89. The molecule has 1 nitrogen and oxygen atoms in total. The maximum Gasteiger partial charge on any atom is 0.266 e. The van der Waals surface area contributed by atoms with E-state index in [1.165, 1.54) is 6.92 Å². The second kappa shape index (κ2) is 4.05. The highest BCUT2D eigenvalue weighted by molar-refractivity contribution is 5.22. The summed E-state index contributed by atoms with van der Waals surface area (Å²) in [5, 5.41) is 0. The fraction of sp³-hybridized carbons (Fsp3) is 0.455. The number of hydrogen-bond acceptors (Lipinski definition) is 1. The highest BCUT2D eigenvalue weighted by Crippen LogP contribution is 2.22. The summed E-state index contributed by atoms with van der Waals surface area (Å²) < 4.78 is 26.4. The second-order valence-electron chi connectivity index (χ2n) is 3.71. The quantitative estimate of drug-likeness (QED) is 0.795. The van der Waals surface area contributed by atoms with Gasteiger partial charge in [0.25, 0.3) is 5.92 Å². The van der Waals surface area contributed by atoms with Crippen LogP contribution in [0.3, 0.4) is 0 Å². The van der Waals surface area contributed by atoms with E-state index in [0.29, 0.717) is 5.56 Å². The van der Waals surface area contributed by atoms with Gasteiger partial charge >= 0.3 is 0 Å². The Hall–Kier alpha value is -0.960. The molecule has 0 spiro atoms. The van der Waals surface area contributed by atoms with E-state index in [1.807, 2.05) is 19.1 Å². The first-order valence-electron chi connectivity index (χ1n) is 4.61. The molecule has 0 aliphatic heterocycles. The van der Waals surface area contributed by atoms with Gasteiger partial charge in [0.1, 0.15) is 0 Å². The van der Waals surface area contributed by atoms with E-state index in [-0.39, 0.29) is 6.42 Å². The van der Waals surface area contributed by atoms with Gasteiger partial charge in [-0.25, -0.2) is 8.78 Å². The first kappa shape index (κ1) is 11.1. The molecular weight excluding hydrogens is 184 g/mol. The number of alkyl halides is 2. The zero-order valence-corrected chi connectivity index (χ0v) is 8.43. The minimum Gasteiger partial charge on any atom is -0.323 e. The van der Waals surface area contributed by atoms with Crippen LogP contribution in [0, 0.1) is 6.92 Å². The molecule has 0 aromatic heterocycles. The average Bonchev–Trinajstić information content (AvgIpc) is 2.08. The van der Waals surface area contributed by atoms with Crippen molar-refractivity contribution in [2.24, 2.45) is 5.73 Å². The van der Waals surface area contributed by atoms with E-state index in [0.717, 1.165) is 5.56 Å². The molecule has 14 heavy (non-hydrogen) atoms. The van der Waals surface area contributed by atoms with Crippen molar-refractivity contribution in [1.82, 2.24) is 0 Å². The predicted molar refractivity (Wildman–Crippen MR) is 53.5 cm³/mol. The number of rotatable bonds is 3. The van der Waals surface area contributed by atoms with Gasteiger partial charge in [0.15, 0.2) is 0 Å². The molecule has 1 rings (SSSR count). The Balaban J connectivity index is 2.74. The fourth-order valence-electron chi connectivity index (χ4n) is 1.14. The summed E-state index contributed by atoms with van der Waals surface area (Å²) in [4.78, 5) is 0. The zero-order valence-electron chi connectivity index (χ0n) is 8.43. The summed E-state index contributed by atoms with van der Waals surface area (Å²) in [6, 6.07) is 5.97. The number of nitrogens with two attached hydrogens (primary N) is 1. The molecule has 0 saturated heterocycles. The molecule has 0 saturated carbocycles. The standard InChI is InChI=1S/C11H15F2N/c1-8-3-5-10(6-4-8)7-11(12,13)9(2)14/h3-6,9H,7,14H2,1-2H3. The maximum atomic E-state index is 13.2. The van der Waals surface area contributed by atoms with E-state index in [4.69, 9.17) is 5.73 Å². The lowest BCUT2D eigenvalue weighted by atomic mass is 10.0. The van der Waals surface area contributed by atoms with Crippen molar-refractivity contribution in [2.45, 2.75) is 32.2 Å². The van der Waals surface area contributed by atoms with Gasteiger partial charge in [-0.05, 0) is 19.4 Å². The van der Waals surface area contributed by atoms with Gasteiger partial charge in [-0.2, -0.15) is 0 Å². The molecule has 0 aliphatic carbocycles. The Bertz CT molecular complexity index is 291. The zero-order chi connectivity index (χ0) is 10.8. The van der Waals surface area contributed by atoms with Crippen molar-refractivity contribution in [3.05, 3.63) is 35.4 Å².